The standard InChI is InChI=1S/C11H13NO2/c1-9(13)11(14)8-12-7-10-5-3-2-4-6-10/h2-6,8,12,14H,7H2,1H3/b11-8-. The molecule has 0 heterocycles. The van der Waals surface area contributed by atoms with Gasteiger partial charge in [-0.15, -0.1) is 0 Å². The van der Waals surface area contributed by atoms with Crippen molar-refractivity contribution in [3.63, 3.8) is 0 Å². The smallest absolute Gasteiger partial charge is 0.195 e. The predicted octanol–water partition coefficient (Wildman–Crippen LogP) is 1.76. The number of benzene rings is 1. The Kier molecular flexibility index (Phi) is 3.73. The fourth-order valence-electron chi connectivity index (χ4n) is 0.963. The van der Waals surface area contributed by atoms with Gasteiger partial charge >= 0.3 is 0 Å². The second-order valence-corrected chi connectivity index (χ2v) is 2.95. The van der Waals surface area contributed by atoms with Crippen molar-refractivity contribution in [2.75, 3.05) is 0 Å². The number of hydrogen-bond donors (Lipinski definition) is 2. The van der Waals surface area contributed by atoms with Gasteiger partial charge in [0.1, 0.15) is 0 Å². The molecule has 0 amide bonds. The second kappa shape index (κ2) is 5.07. The van der Waals surface area contributed by atoms with Crippen LogP contribution >= 0.6 is 0 Å². The number of aliphatic hydroxyl groups excluding tert-OH is 1. The van der Waals surface area contributed by atoms with Crippen LogP contribution in [0.15, 0.2) is 42.3 Å². The van der Waals surface area contributed by atoms with Gasteiger partial charge in [0.05, 0.1) is 0 Å². The average molecular weight is 191 g/mol. The molecule has 74 valence electrons. The number of Topliss-reactive ketones (excluding diaryl/α,β-unsaturated/α-hetero) is 1. The summed E-state index contributed by atoms with van der Waals surface area (Å²) in [4.78, 5) is 10.6. The van der Waals surface area contributed by atoms with E-state index in [2.05, 4.69) is 5.32 Å². The summed E-state index contributed by atoms with van der Waals surface area (Å²) >= 11 is 0. The van der Waals surface area contributed by atoms with E-state index in [-0.39, 0.29) is 11.5 Å². The first kappa shape index (κ1) is 10.3. The number of rotatable bonds is 4. The molecule has 1 rings (SSSR count). The van der Waals surface area contributed by atoms with Gasteiger partial charge in [0.25, 0.3) is 0 Å². The molecule has 0 unspecified atom stereocenters. The number of hydrogen-bond acceptors (Lipinski definition) is 3. The van der Waals surface area contributed by atoms with Crippen LogP contribution in [0.2, 0.25) is 0 Å². The summed E-state index contributed by atoms with van der Waals surface area (Å²) in [5, 5.41) is 11.9. The van der Waals surface area contributed by atoms with Gasteiger partial charge in [-0.3, -0.25) is 4.79 Å². The Balaban J connectivity index is 2.43. The molecule has 0 saturated heterocycles. The van der Waals surface area contributed by atoms with Crippen LogP contribution in [0.3, 0.4) is 0 Å². The lowest BCUT2D eigenvalue weighted by atomic mass is 10.2. The van der Waals surface area contributed by atoms with Crippen LogP contribution in [0.25, 0.3) is 0 Å². The zero-order chi connectivity index (χ0) is 10.4. The molecule has 0 aliphatic heterocycles. The van der Waals surface area contributed by atoms with Gasteiger partial charge in [-0.1, -0.05) is 30.3 Å². The quantitative estimate of drug-likeness (QED) is 0.563. The van der Waals surface area contributed by atoms with E-state index in [0.29, 0.717) is 6.54 Å². The van der Waals surface area contributed by atoms with Gasteiger partial charge in [0.15, 0.2) is 11.5 Å². The van der Waals surface area contributed by atoms with Crippen LogP contribution in [0.5, 0.6) is 0 Å². The highest BCUT2D eigenvalue weighted by atomic mass is 16.3. The average Bonchev–Trinajstić information content (AvgIpc) is 2.19. The zero-order valence-electron chi connectivity index (χ0n) is 8.03. The molecule has 0 aliphatic carbocycles. The van der Waals surface area contributed by atoms with E-state index in [4.69, 9.17) is 5.11 Å². The Labute approximate surface area is 83.1 Å². The third-order valence-corrected chi connectivity index (χ3v) is 1.75. The van der Waals surface area contributed by atoms with Gasteiger partial charge in [-0.2, -0.15) is 0 Å². The largest absolute Gasteiger partial charge is 0.503 e. The van der Waals surface area contributed by atoms with Crippen LogP contribution in [0, 0.1) is 0 Å². The lowest BCUT2D eigenvalue weighted by Crippen LogP contribution is -2.08. The monoisotopic (exact) mass is 191 g/mol. The number of allylic oxidation sites excluding steroid dienone is 1. The molecule has 2 N–H and O–H groups in total. The number of aliphatic hydroxyl groups is 1. The topological polar surface area (TPSA) is 49.3 Å². The molecule has 0 aliphatic rings. The molecule has 0 fully saturated rings. The third-order valence-electron chi connectivity index (χ3n) is 1.75. The zero-order valence-corrected chi connectivity index (χ0v) is 8.03. The van der Waals surface area contributed by atoms with Crippen LogP contribution in [-0.2, 0) is 11.3 Å². The first-order valence-corrected chi connectivity index (χ1v) is 4.37. The minimum absolute atomic E-state index is 0.249. The molecule has 14 heavy (non-hydrogen) atoms. The first-order chi connectivity index (χ1) is 6.70. The van der Waals surface area contributed by atoms with E-state index >= 15 is 0 Å². The van der Waals surface area contributed by atoms with E-state index in [1.165, 1.54) is 13.1 Å². The maximum atomic E-state index is 10.6. The highest BCUT2D eigenvalue weighted by Crippen LogP contribution is 1.97. The molecule has 0 atom stereocenters. The summed E-state index contributed by atoms with van der Waals surface area (Å²) in [7, 11) is 0. The maximum absolute atomic E-state index is 10.6. The Morgan fingerprint density at radius 1 is 1.43 bits per heavy atom. The molecular formula is C11H13NO2. The third kappa shape index (κ3) is 3.31. The summed E-state index contributed by atoms with van der Waals surface area (Å²) in [6.07, 6.45) is 1.31. The number of carbonyl (C=O) groups excluding carboxylic acids is 1. The van der Waals surface area contributed by atoms with Crippen molar-refractivity contribution in [1.29, 1.82) is 0 Å². The molecule has 0 radical (unpaired) electrons. The van der Waals surface area contributed by atoms with Crippen LogP contribution in [0.4, 0.5) is 0 Å². The summed E-state index contributed by atoms with van der Waals surface area (Å²) in [6, 6.07) is 9.74. The van der Waals surface area contributed by atoms with Crippen molar-refractivity contribution >= 4 is 5.78 Å². The summed E-state index contributed by atoms with van der Waals surface area (Å²) < 4.78 is 0. The second-order valence-electron chi connectivity index (χ2n) is 2.95. The molecule has 1 aromatic rings. The lowest BCUT2D eigenvalue weighted by Gasteiger charge is -2.01. The van der Waals surface area contributed by atoms with Crippen LogP contribution in [0.1, 0.15) is 12.5 Å². The van der Waals surface area contributed by atoms with Crippen molar-refractivity contribution in [3.05, 3.63) is 47.9 Å². The molecule has 0 spiro atoms. The Morgan fingerprint density at radius 2 is 2.07 bits per heavy atom. The Morgan fingerprint density at radius 3 is 2.64 bits per heavy atom. The van der Waals surface area contributed by atoms with Gasteiger partial charge in [0, 0.05) is 19.7 Å². The highest BCUT2D eigenvalue weighted by Gasteiger charge is 1.97. The number of carbonyl (C=O) groups is 1. The van der Waals surface area contributed by atoms with Crippen LogP contribution < -0.4 is 5.32 Å². The molecule has 0 saturated carbocycles. The Bertz CT molecular complexity index is 330. The van der Waals surface area contributed by atoms with Crippen molar-refractivity contribution in [3.8, 4) is 0 Å². The summed E-state index contributed by atoms with van der Waals surface area (Å²) in [5.41, 5.74) is 1.10. The summed E-state index contributed by atoms with van der Waals surface area (Å²) in [6.45, 7) is 1.91. The van der Waals surface area contributed by atoms with Crippen LogP contribution in [-0.4, -0.2) is 10.9 Å². The highest BCUT2D eigenvalue weighted by molar-refractivity contribution is 5.90. The first-order valence-electron chi connectivity index (χ1n) is 4.37. The minimum Gasteiger partial charge on any atom is -0.503 e. The van der Waals surface area contributed by atoms with E-state index in [1.54, 1.807) is 0 Å². The van der Waals surface area contributed by atoms with Crippen molar-refractivity contribution in [2.24, 2.45) is 0 Å². The van der Waals surface area contributed by atoms with Gasteiger partial charge in [-0.05, 0) is 5.56 Å². The van der Waals surface area contributed by atoms with E-state index in [1.807, 2.05) is 30.3 Å². The molecule has 3 heteroatoms. The fraction of sp³-hybridized carbons (Fsp3) is 0.182. The number of ketones is 1. The van der Waals surface area contributed by atoms with Gasteiger partial charge < -0.3 is 10.4 Å². The lowest BCUT2D eigenvalue weighted by molar-refractivity contribution is -0.116. The van der Waals surface area contributed by atoms with Gasteiger partial charge in [-0.25, -0.2) is 0 Å². The predicted molar refractivity (Wildman–Crippen MR) is 54.7 cm³/mol. The Hall–Kier alpha value is -1.77. The summed E-state index contributed by atoms with van der Waals surface area (Å²) in [5.74, 6) is -0.591. The fourth-order valence-corrected chi connectivity index (χ4v) is 0.963. The van der Waals surface area contributed by atoms with E-state index in [0.717, 1.165) is 5.56 Å². The maximum Gasteiger partial charge on any atom is 0.195 e. The molecule has 1 aromatic carbocycles. The van der Waals surface area contributed by atoms with Crippen molar-refractivity contribution in [2.45, 2.75) is 13.5 Å². The van der Waals surface area contributed by atoms with Gasteiger partial charge in [0.2, 0.25) is 0 Å². The van der Waals surface area contributed by atoms with E-state index in [9.17, 15) is 4.79 Å². The minimum atomic E-state index is -0.342. The molecule has 0 aromatic heterocycles. The van der Waals surface area contributed by atoms with Crippen molar-refractivity contribution < 1.29 is 9.90 Å². The number of nitrogens with one attached hydrogen (secondary N) is 1. The normalized spacial score (nSPS) is 11.1. The molecule has 0 bridgehead atoms. The van der Waals surface area contributed by atoms with Crippen molar-refractivity contribution in [1.82, 2.24) is 5.32 Å². The van der Waals surface area contributed by atoms with E-state index < -0.39 is 0 Å². The molecular weight excluding hydrogens is 178 g/mol. The molecule has 3 nitrogen and oxygen atoms in total. The SMILES string of the molecule is CC(=O)/C(O)=C/NCc1ccccc1.